The number of rotatable bonds is 4. The van der Waals surface area contributed by atoms with E-state index in [0.29, 0.717) is 28.5 Å². The van der Waals surface area contributed by atoms with Crippen LogP contribution in [0.5, 0.6) is 0 Å². The molecule has 1 atom stereocenters. The molecule has 1 aromatic rings. The van der Waals surface area contributed by atoms with Crippen molar-refractivity contribution in [3.63, 3.8) is 0 Å². The van der Waals surface area contributed by atoms with Crippen molar-refractivity contribution in [2.75, 3.05) is 6.61 Å². The van der Waals surface area contributed by atoms with Crippen LogP contribution in [-0.2, 0) is 20.7 Å². The molecule has 5 heteroatoms. The molecule has 2 rings (SSSR count). The third-order valence-corrected chi connectivity index (χ3v) is 4.84. The third-order valence-electron chi connectivity index (χ3n) is 3.98. The number of halogens is 2. The lowest BCUT2D eigenvalue weighted by atomic mass is 9.69. The molecule has 0 bridgehead atoms. The number of carbonyl (C=O) groups excluding carboxylic acids is 2. The van der Waals surface area contributed by atoms with Gasteiger partial charge in [-0.3, -0.25) is 9.59 Å². The van der Waals surface area contributed by atoms with Gasteiger partial charge in [0.05, 0.1) is 16.7 Å². The Morgan fingerprint density at radius 2 is 2.10 bits per heavy atom. The maximum atomic E-state index is 12.5. The first-order chi connectivity index (χ1) is 10.0. The van der Waals surface area contributed by atoms with Crippen molar-refractivity contribution in [3.05, 3.63) is 33.8 Å². The van der Waals surface area contributed by atoms with E-state index in [0.717, 1.165) is 12.8 Å². The van der Waals surface area contributed by atoms with Gasteiger partial charge >= 0.3 is 5.97 Å². The van der Waals surface area contributed by atoms with Crippen molar-refractivity contribution in [2.24, 2.45) is 5.41 Å². The van der Waals surface area contributed by atoms with Gasteiger partial charge in [0, 0.05) is 6.42 Å². The zero-order chi connectivity index (χ0) is 15.5. The zero-order valence-electron chi connectivity index (χ0n) is 12.0. The molecule has 1 aromatic carbocycles. The van der Waals surface area contributed by atoms with Crippen molar-refractivity contribution in [1.82, 2.24) is 0 Å². The Labute approximate surface area is 134 Å². The molecule has 1 aliphatic rings. The van der Waals surface area contributed by atoms with Crippen LogP contribution in [0.3, 0.4) is 0 Å². The number of ether oxygens (including phenoxy) is 1. The summed E-state index contributed by atoms with van der Waals surface area (Å²) >= 11 is 12.2. The molecule has 114 valence electrons. The number of ketones is 1. The van der Waals surface area contributed by atoms with E-state index in [9.17, 15) is 9.59 Å². The van der Waals surface area contributed by atoms with Gasteiger partial charge in [0.1, 0.15) is 5.41 Å². The second kappa shape index (κ2) is 6.80. The number of hydrogen-bond acceptors (Lipinski definition) is 3. The first kappa shape index (κ1) is 16.3. The molecule has 0 aliphatic heterocycles. The van der Waals surface area contributed by atoms with Gasteiger partial charge in [0.2, 0.25) is 0 Å². The van der Waals surface area contributed by atoms with E-state index >= 15 is 0 Å². The van der Waals surface area contributed by atoms with Crippen LogP contribution < -0.4 is 0 Å². The molecule has 21 heavy (non-hydrogen) atoms. The average Bonchev–Trinajstić information content (AvgIpc) is 2.46. The summed E-state index contributed by atoms with van der Waals surface area (Å²) in [7, 11) is 0. The van der Waals surface area contributed by atoms with Gasteiger partial charge < -0.3 is 4.74 Å². The Morgan fingerprint density at radius 1 is 1.33 bits per heavy atom. The lowest BCUT2D eigenvalue weighted by molar-refractivity contribution is -0.162. The van der Waals surface area contributed by atoms with E-state index in [1.165, 1.54) is 0 Å². The molecule has 0 saturated heterocycles. The lowest BCUT2D eigenvalue weighted by Gasteiger charge is -2.33. The van der Waals surface area contributed by atoms with E-state index < -0.39 is 11.4 Å². The number of Topliss-reactive ketones (excluding diaryl/α,β-unsaturated/α-hetero) is 1. The predicted molar refractivity (Wildman–Crippen MR) is 82.7 cm³/mol. The van der Waals surface area contributed by atoms with Crippen molar-refractivity contribution >= 4 is 35.0 Å². The van der Waals surface area contributed by atoms with Crippen molar-refractivity contribution < 1.29 is 14.3 Å². The van der Waals surface area contributed by atoms with E-state index in [1.54, 1.807) is 25.1 Å². The van der Waals surface area contributed by atoms with Crippen molar-refractivity contribution in [3.8, 4) is 0 Å². The molecule has 0 radical (unpaired) electrons. The normalized spacial score (nSPS) is 22.1. The van der Waals surface area contributed by atoms with Crippen LogP contribution >= 0.6 is 23.2 Å². The van der Waals surface area contributed by atoms with E-state index in [-0.39, 0.29) is 18.8 Å². The monoisotopic (exact) mass is 328 g/mol. The van der Waals surface area contributed by atoms with Gasteiger partial charge in [0.15, 0.2) is 5.78 Å². The number of hydrogen-bond donors (Lipinski definition) is 0. The minimum absolute atomic E-state index is 0.0526. The lowest BCUT2D eigenvalue weighted by Crippen LogP contribution is -2.44. The van der Waals surface area contributed by atoms with E-state index in [1.807, 2.05) is 0 Å². The molecule has 1 aliphatic carbocycles. The summed E-state index contributed by atoms with van der Waals surface area (Å²) in [6, 6.07) is 5.26. The standard InChI is InChI=1S/C16H18Cl2O3/c1-2-21-15(20)16(9-4-3-8-13(16)19)10-11-6-5-7-12(17)14(11)18/h5-7H,2-4,8-10H2,1H3. The Balaban J connectivity index is 2.38. The molecule has 1 saturated carbocycles. The smallest absolute Gasteiger partial charge is 0.319 e. The van der Waals surface area contributed by atoms with Crippen LogP contribution in [0.15, 0.2) is 18.2 Å². The first-order valence-corrected chi connectivity index (χ1v) is 7.90. The molecule has 0 N–H and O–H groups in total. The van der Waals surface area contributed by atoms with Crippen molar-refractivity contribution in [2.45, 2.75) is 39.0 Å². The molecular formula is C16H18Cl2O3. The fourth-order valence-electron chi connectivity index (χ4n) is 2.85. The van der Waals surface area contributed by atoms with Gasteiger partial charge in [0.25, 0.3) is 0 Å². The number of benzene rings is 1. The molecule has 0 aromatic heterocycles. The molecule has 0 amide bonds. The van der Waals surface area contributed by atoms with Gasteiger partial charge in [-0.1, -0.05) is 41.8 Å². The van der Waals surface area contributed by atoms with Gasteiger partial charge in [-0.2, -0.15) is 0 Å². The fraction of sp³-hybridized carbons (Fsp3) is 0.500. The van der Waals surface area contributed by atoms with Gasteiger partial charge in [-0.15, -0.1) is 0 Å². The average molecular weight is 329 g/mol. The second-order valence-electron chi connectivity index (χ2n) is 5.32. The number of esters is 1. The predicted octanol–water partition coefficient (Wildman–Crippen LogP) is 4.23. The van der Waals surface area contributed by atoms with E-state index in [4.69, 9.17) is 27.9 Å². The van der Waals surface area contributed by atoms with Crippen LogP contribution in [0, 0.1) is 5.41 Å². The topological polar surface area (TPSA) is 43.4 Å². The highest BCUT2D eigenvalue weighted by Gasteiger charge is 2.48. The first-order valence-electron chi connectivity index (χ1n) is 7.14. The maximum absolute atomic E-state index is 12.5. The van der Waals surface area contributed by atoms with Crippen LogP contribution in [0.2, 0.25) is 10.0 Å². The molecule has 1 fully saturated rings. The zero-order valence-corrected chi connectivity index (χ0v) is 13.5. The Hall–Kier alpha value is -1.06. The summed E-state index contributed by atoms with van der Waals surface area (Å²) in [5.41, 5.74) is -0.393. The fourth-order valence-corrected chi connectivity index (χ4v) is 3.23. The summed E-state index contributed by atoms with van der Waals surface area (Å²) < 4.78 is 5.16. The van der Waals surface area contributed by atoms with Crippen LogP contribution in [0.25, 0.3) is 0 Å². The SMILES string of the molecule is CCOC(=O)C1(Cc2cccc(Cl)c2Cl)CCCCC1=O. The maximum Gasteiger partial charge on any atom is 0.319 e. The number of carbonyl (C=O) groups is 2. The molecule has 1 unspecified atom stereocenters. The molecule has 0 heterocycles. The quantitative estimate of drug-likeness (QED) is 0.613. The van der Waals surface area contributed by atoms with Crippen LogP contribution in [0.1, 0.15) is 38.2 Å². The van der Waals surface area contributed by atoms with E-state index in [2.05, 4.69) is 0 Å². The molecular weight excluding hydrogens is 311 g/mol. The van der Waals surface area contributed by atoms with Crippen LogP contribution in [0.4, 0.5) is 0 Å². The molecule has 3 nitrogen and oxygen atoms in total. The summed E-state index contributed by atoms with van der Waals surface area (Å²) in [6.45, 7) is 2.00. The Bertz CT molecular complexity index is 556. The highest BCUT2D eigenvalue weighted by molar-refractivity contribution is 6.42. The van der Waals surface area contributed by atoms with Crippen molar-refractivity contribution in [1.29, 1.82) is 0 Å². The van der Waals surface area contributed by atoms with Crippen LogP contribution in [-0.4, -0.2) is 18.4 Å². The highest BCUT2D eigenvalue weighted by Crippen LogP contribution is 2.40. The summed E-state index contributed by atoms with van der Waals surface area (Å²) in [6.07, 6.45) is 2.83. The summed E-state index contributed by atoms with van der Waals surface area (Å²) in [4.78, 5) is 24.9. The van der Waals surface area contributed by atoms with Gasteiger partial charge in [-0.05, 0) is 37.8 Å². The second-order valence-corrected chi connectivity index (χ2v) is 6.11. The summed E-state index contributed by atoms with van der Waals surface area (Å²) in [5, 5.41) is 0.831. The highest BCUT2D eigenvalue weighted by atomic mass is 35.5. The summed E-state index contributed by atoms with van der Waals surface area (Å²) in [5.74, 6) is -0.492. The minimum Gasteiger partial charge on any atom is -0.465 e. The Morgan fingerprint density at radius 3 is 2.76 bits per heavy atom. The minimum atomic E-state index is -1.11. The largest absolute Gasteiger partial charge is 0.465 e. The van der Waals surface area contributed by atoms with Gasteiger partial charge in [-0.25, -0.2) is 0 Å². The molecule has 0 spiro atoms. The Kier molecular flexibility index (Phi) is 5.28. The third kappa shape index (κ3) is 3.24.